The Morgan fingerprint density at radius 2 is 1.74 bits per heavy atom. The van der Waals surface area contributed by atoms with Crippen LogP contribution in [0.25, 0.3) is 11.1 Å². The van der Waals surface area contributed by atoms with Crippen molar-refractivity contribution in [3.8, 4) is 16.9 Å². The molecule has 2 aliphatic rings. The Balaban J connectivity index is 1.71. The lowest BCUT2D eigenvalue weighted by molar-refractivity contribution is 0.0692. The maximum atomic E-state index is 14.2. The molecule has 1 N–H and O–H groups in total. The van der Waals surface area contributed by atoms with Crippen LogP contribution in [-0.2, 0) is 10.0 Å². The van der Waals surface area contributed by atoms with Gasteiger partial charge in [0.2, 0.25) is 10.0 Å². The van der Waals surface area contributed by atoms with Crippen molar-refractivity contribution in [3.63, 3.8) is 0 Å². The lowest BCUT2D eigenvalue weighted by Crippen LogP contribution is -2.46. The third-order valence-corrected chi connectivity index (χ3v) is 10.1. The molecule has 3 aromatic rings. The smallest absolute Gasteiger partial charge is 0.338 e. The predicted molar refractivity (Wildman–Crippen MR) is 149 cm³/mol. The average Bonchev–Trinajstić information content (AvgIpc) is 3.01. The third-order valence-electron chi connectivity index (χ3n) is 7.92. The molecule has 0 spiro atoms. The molecule has 39 heavy (non-hydrogen) atoms. The van der Waals surface area contributed by atoms with E-state index in [2.05, 4.69) is 0 Å². The minimum atomic E-state index is -3.97. The Morgan fingerprint density at radius 1 is 1.05 bits per heavy atom. The van der Waals surface area contributed by atoms with E-state index >= 15 is 0 Å². The minimum Gasteiger partial charge on any atom is -0.497 e. The summed E-state index contributed by atoms with van der Waals surface area (Å²) in [6, 6.07) is 13.9. The van der Waals surface area contributed by atoms with Crippen molar-refractivity contribution in [1.29, 1.82) is 0 Å². The van der Waals surface area contributed by atoms with E-state index in [4.69, 9.17) is 16.3 Å². The van der Waals surface area contributed by atoms with Gasteiger partial charge >= 0.3 is 5.97 Å². The number of fused-ring (bicyclic) bond motifs is 1. The zero-order valence-corrected chi connectivity index (χ0v) is 23.3. The van der Waals surface area contributed by atoms with Crippen molar-refractivity contribution in [2.45, 2.75) is 43.0 Å². The highest BCUT2D eigenvalue weighted by Gasteiger charge is 2.41. The second kappa shape index (κ2) is 10.8. The van der Waals surface area contributed by atoms with Crippen LogP contribution >= 0.6 is 11.6 Å². The number of nitrogens with zero attached hydrogens (tertiary/aromatic N) is 2. The van der Waals surface area contributed by atoms with Gasteiger partial charge in [-0.05, 0) is 72.9 Å². The monoisotopic (exact) mass is 572 g/mol. The van der Waals surface area contributed by atoms with Crippen molar-refractivity contribution in [2.75, 3.05) is 25.6 Å². The molecule has 1 aliphatic heterocycles. The van der Waals surface area contributed by atoms with Crippen LogP contribution in [0.1, 0.15) is 42.5 Å². The van der Waals surface area contributed by atoms with Crippen LogP contribution in [0.15, 0.2) is 59.5 Å². The van der Waals surface area contributed by atoms with Crippen LogP contribution in [0.5, 0.6) is 5.75 Å². The third kappa shape index (κ3) is 5.11. The number of sulfonamides is 1. The first kappa shape index (κ1) is 27.4. The van der Waals surface area contributed by atoms with Gasteiger partial charge in [-0.15, -0.1) is 0 Å². The standard InChI is InChI=1S/C29H30ClFN2O5S/c1-32-27(18-6-4-3-5-7-18)17-33(20-9-11-21(38-2)12-10-20)26-16-24(30)22(15-28(26)39(32,36)37)19-8-13-25(31)23(14-19)29(34)35/h8-16,18,27H,3-7,17H2,1-2H3,(H,34,35)/t27-/m0/s1. The highest BCUT2D eigenvalue weighted by atomic mass is 35.5. The number of methoxy groups -OCH3 is 1. The highest BCUT2D eigenvalue weighted by Crippen LogP contribution is 2.45. The van der Waals surface area contributed by atoms with Crippen LogP contribution in [-0.4, -0.2) is 50.5 Å². The molecule has 0 radical (unpaired) electrons. The Morgan fingerprint density at radius 3 is 2.38 bits per heavy atom. The maximum absolute atomic E-state index is 14.2. The predicted octanol–water partition coefficient (Wildman–Crippen LogP) is 6.57. The normalized spacial score (nSPS) is 19.8. The average molecular weight is 573 g/mol. The summed E-state index contributed by atoms with van der Waals surface area (Å²) in [5.74, 6) is -1.42. The molecule has 206 valence electrons. The maximum Gasteiger partial charge on any atom is 0.338 e. The van der Waals surface area contributed by atoms with Crippen LogP contribution < -0.4 is 9.64 Å². The molecular weight excluding hydrogens is 543 g/mol. The Bertz CT molecular complexity index is 1510. The molecule has 5 rings (SSSR count). The summed E-state index contributed by atoms with van der Waals surface area (Å²) in [4.78, 5) is 13.6. The van der Waals surface area contributed by atoms with Crippen molar-refractivity contribution in [2.24, 2.45) is 5.92 Å². The van der Waals surface area contributed by atoms with Crippen LogP contribution in [0.2, 0.25) is 5.02 Å². The fourth-order valence-electron chi connectivity index (χ4n) is 5.74. The number of aromatic carboxylic acids is 1. The van der Waals surface area contributed by atoms with E-state index < -0.39 is 27.4 Å². The molecule has 0 amide bonds. The number of likely N-dealkylation sites (N-methyl/N-ethyl adjacent to an activating group) is 1. The summed E-state index contributed by atoms with van der Waals surface area (Å²) >= 11 is 6.74. The van der Waals surface area contributed by atoms with E-state index in [1.165, 1.54) is 22.5 Å². The topological polar surface area (TPSA) is 87.2 Å². The first-order valence-electron chi connectivity index (χ1n) is 12.9. The number of rotatable bonds is 5. The van der Waals surface area contributed by atoms with Gasteiger partial charge in [0.05, 0.1) is 23.4 Å². The molecule has 1 saturated carbocycles. The fraction of sp³-hybridized carbons (Fsp3) is 0.345. The summed E-state index contributed by atoms with van der Waals surface area (Å²) in [5, 5.41) is 9.64. The quantitative estimate of drug-likeness (QED) is 0.372. The van der Waals surface area contributed by atoms with Gasteiger partial charge < -0.3 is 14.7 Å². The number of carboxylic acids is 1. The van der Waals surface area contributed by atoms with Gasteiger partial charge in [-0.1, -0.05) is 36.9 Å². The first-order valence-corrected chi connectivity index (χ1v) is 14.7. The molecule has 0 aromatic heterocycles. The van der Waals surface area contributed by atoms with E-state index in [0.29, 0.717) is 29.1 Å². The van der Waals surface area contributed by atoms with E-state index in [9.17, 15) is 22.7 Å². The second-order valence-electron chi connectivity index (χ2n) is 10.1. The van der Waals surface area contributed by atoms with Crippen LogP contribution in [0, 0.1) is 11.7 Å². The van der Waals surface area contributed by atoms with Gasteiger partial charge in [0.15, 0.2) is 0 Å². The lowest BCUT2D eigenvalue weighted by atomic mass is 9.83. The largest absolute Gasteiger partial charge is 0.497 e. The summed E-state index contributed by atoms with van der Waals surface area (Å²) < 4.78 is 49.2. The molecule has 1 atom stereocenters. The SMILES string of the molecule is COc1ccc(N2C[C@@H](C3CCCCC3)N(C)S(=O)(=O)c3cc(-c4ccc(F)c(C(=O)O)c4)c(Cl)cc32)cc1. The van der Waals surface area contributed by atoms with Gasteiger partial charge in [-0.25, -0.2) is 17.6 Å². The molecule has 0 saturated heterocycles. The fourth-order valence-corrected chi connectivity index (χ4v) is 7.62. The number of halogens is 2. The number of benzene rings is 3. The molecule has 1 fully saturated rings. The number of ether oxygens (including phenoxy) is 1. The lowest BCUT2D eigenvalue weighted by Gasteiger charge is -2.36. The molecule has 0 bridgehead atoms. The molecule has 0 unspecified atom stereocenters. The zero-order chi connectivity index (χ0) is 27.9. The number of hydrogen-bond donors (Lipinski definition) is 1. The number of carbonyl (C=O) groups is 1. The molecule has 7 nitrogen and oxygen atoms in total. The molecule has 3 aromatic carbocycles. The summed E-state index contributed by atoms with van der Waals surface area (Å²) in [6.07, 6.45) is 5.19. The van der Waals surface area contributed by atoms with Crippen LogP contribution in [0.4, 0.5) is 15.8 Å². The summed E-state index contributed by atoms with van der Waals surface area (Å²) in [5.41, 5.74) is 1.32. The van der Waals surface area contributed by atoms with Gasteiger partial charge in [0, 0.05) is 30.9 Å². The van der Waals surface area contributed by atoms with Crippen molar-refractivity contribution in [3.05, 3.63) is 71.0 Å². The Labute approximate surface area is 232 Å². The van der Waals surface area contributed by atoms with Crippen molar-refractivity contribution >= 4 is 39.0 Å². The van der Waals surface area contributed by atoms with Gasteiger partial charge in [0.25, 0.3) is 0 Å². The molecular formula is C29H30ClFN2O5S. The zero-order valence-electron chi connectivity index (χ0n) is 21.7. The minimum absolute atomic E-state index is 0.0553. The van der Waals surface area contributed by atoms with E-state index in [1.807, 2.05) is 29.2 Å². The summed E-state index contributed by atoms with van der Waals surface area (Å²) in [6.45, 7) is 0.440. The van der Waals surface area contributed by atoms with Gasteiger partial charge in [0.1, 0.15) is 16.5 Å². The molecule has 1 aliphatic carbocycles. The summed E-state index contributed by atoms with van der Waals surface area (Å²) in [7, 11) is -0.757. The van der Waals surface area contributed by atoms with Gasteiger partial charge in [-0.3, -0.25) is 0 Å². The first-order chi connectivity index (χ1) is 18.6. The van der Waals surface area contributed by atoms with E-state index in [0.717, 1.165) is 43.9 Å². The molecule has 10 heteroatoms. The van der Waals surface area contributed by atoms with Crippen molar-refractivity contribution < 1.29 is 27.4 Å². The van der Waals surface area contributed by atoms with E-state index in [-0.39, 0.29) is 21.9 Å². The highest BCUT2D eigenvalue weighted by molar-refractivity contribution is 7.89. The number of carboxylic acid groups (broad SMARTS) is 1. The number of anilines is 2. The second-order valence-corrected chi connectivity index (χ2v) is 12.5. The number of hydrogen-bond acceptors (Lipinski definition) is 5. The van der Waals surface area contributed by atoms with Crippen molar-refractivity contribution in [1.82, 2.24) is 4.31 Å². The molecule has 1 heterocycles. The van der Waals surface area contributed by atoms with Crippen LogP contribution in [0.3, 0.4) is 0 Å². The van der Waals surface area contributed by atoms with E-state index in [1.54, 1.807) is 20.2 Å². The van der Waals surface area contributed by atoms with Gasteiger partial charge in [-0.2, -0.15) is 4.31 Å². The Hall–Kier alpha value is -3.14. The Kier molecular flexibility index (Phi) is 7.59.